The number of nitrogens with two attached hydrogens (primary N) is 2. The number of rotatable bonds is 0. The first kappa shape index (κ1) is 20.8. The second-order valence-corrected chi connectivity index (χ2v) is 14.0. The van der Waals surface area contributed by atoms with E-state index in [4.69, 9.17) is 0 Å². The zero-order valence-electron chi connectivity index (χ0n) is 20.6. The number of quaternary nitrogens is 2. The van der Waals surface area contributed by atoms with Crippen molar-refractivity contribution in [2.24, 2.45) is 23.7 Å². The van der Waals surface area contributed by atoms with Crippen LogP contribution in [-0.4, -0.2) is 22.2 Å². The minimum Gasteiger partial charge on any atom is -0.337 e. The molecule has 2 heteroatoms. The fourth-order valence-electron chi connectivity index (χ4n) is 8.62. The normalized spacial score (nSPS) is 39.7. The van der Waals surface area contributed by atoms with E-state index in [2.05, 4.69) is 90.3 Å². The van der Waals surface area contributed by atoms with Crippen LogP contribution < -0.4 is 10.6 Å². The topological polar surface area (TPSA) is 33.2 Å². The molecule has 3 aliphatic carbocycles. The highest BCUT2D eigenvalue weighted by atomic mass is 15.1. The van der Waals surface area contributed by atoms with Crippen LogP contribution in [0.5, 0.6) is 0 Å². The van der Waals surface area contributed by atoms with Crippen LogP contribution in [0.25, 0.3) is 0 Å². The van der Waals surface area contributed by atoms with Crippen LogP contribution >= 0.6 is 0 Å². The molecule has 164 valence electrons. The van der Waals surface area contributed by atoms with Crippen molar-refractivity contribution in [1.82, 2.24) is 0 Å². The lowest BCUT2D eigenvalue weighted by molar-refractivity contribution is -0.784. The molecule has 0 unspecified atom stereocenters. The van der Waals surface area contributed by atoms with Gasteiger partial charge in [-0.25, -0.2) is 0 Å². The third-order valence-corrected chi connectivity index (χ3v) is 8.37. The van der Waals surface area contributed by atoms with E-state index in [0.717, 1.165) is 0 Å². The average molecular weight is 409 g/mol. The Kier molecular flexibility index (Phi) is 4.31. The van der Waals surface area contributed by atoms with Gasteiger partial charge < -0.3 is 10.6 Å². The predicted octanol–water partition coefficient (Wildman–Crippen LogP) is 4.03. The number of hydrogen-bond acceptors (Lipinski definition) is 0. The molecule has 0 aromatic carbocycles. The zero-order valence-corrected chi connectivity index (χ0v) is 20.6. The molecule has 0 amide bonds. The van der Waals surface area contributed by atoms with E-state index in [1.807, 2.05) is 5.57 Å². The monoisotopic (exact) mass is 408 g/mol. The molecule has 2 heterocycles. The van der Waals surface area contributed by atoms with Crippen molar-refractivity contribution in [2.45, 2.75) is 103 Å². The molecule has 2 nitrogen and oxygen atoms in total. The van der Waals surface area contributed by atoms with Crippen LogP contribution in [0.4, 0.5) is 0 Å². The fraction of sp³-hybridized carbons (Fsp3) is 0.714. The van der Waals surface area contributed by atoms with Gasteiger partial charge in [-0.15, -0.1) is 0 Å². The van der Waals surface area contributed by atoms with E-state index in [1.54, 1.807) is 16.7 Å². The van der Waals surface area contributed by atoms with Gasteiger partial charge in [0.1, 0.15) is 0 Å². The molecule has 3 fully saturated rings. The fourth-order valence-corrected chi connectivity index (χ4v) is 8.62. The molecule has 1 saturated carbocycles. The molecule has 0 aromatic rings. The molecule has 2 aliphatic heterocycles. The summed E-state index contributed by atoms with van der Waals surface area (Å²) in [5.41, 5.74) is 8.30. The lowest BCUT2D eigenvalue weighted by Crippen LogP contribution is -3.05. The van der Waals surface area contributed by atoms with Gasteiger partial charge in [0, 0.05) is 43.4 Å². The summed E-state index contributed by atoms with van der Waals surface area (Å²) in [6.45, 7) is 19.5. The summed E-state index contributed by atoms with van der Waals surface area (Å²) in [6, 6.07) is 0. The largest absolute Gasteiger partial charge is 0.337 e. The second-order valence-electron chi connectivity index (χ2n) is 14.0. The minimum absolute atomic E-state index is 0.304. The molecule has 0 radical (unpaired) electrons. The summed E-state index contributed by atoms with van der Waals surface area (Å²) < 4.78 is 0. The van der Waals surface area contributed by atoms with Crippen LogP contribution in [0, 0.1) is 23.7 Å². The van der Waals surface area contributed by atoms with Crippen molar-refractivity contribution in [2.75, 3.05) is 0 Å². The smallest absolute Gasteiger partial charge is 0.0946 e. The van der Waals surface area contributed by atoms with Gasteiger partial charge in [0.25, 0.3) is 0 Å². The first-order valence-electron chi connectivity index (χ1n) is 12.3. The molecule has 4 N–H and O–H groups in total. The molecule has 5 rings (SSSR count). The molecule has 2 bridgehead atoms. The third-order valence-electron chi connectivity index (χ3n) is 8.37. The summed E-state index contributed by atoms with van der Waals surface area (Å²) in [4.78, 5) is 0. The maximum atomic E-state index is 2.62. The first-order chi connectivity index (χ1) is 13.8. The van der Waals surface area contributed by atoms with E-state index >= 15 is 0 Å². The number of piperidine rings is 2. The van der Waals surface area contributed by atoms with E-state index in [9.17, 15) is 0 Å². The summed E-state index contributed by atoms with van der Waals surface area (Å²) in [5.74, 6) is 2.72. The Morgan fingerprint density at radius 3 is 1.63 bits per heavy atom. The Morgan fingerprint density at radius 1 is 0.633 bits per heavy atom. The van der Waals surface area contributed by atoms with E-state index < -0.39 is 0 Å². The zero-order chi connectivity index (χ0) is 21.7. The van der Waals surface area contributed by atoms with Gasteiger partial charge in [-0.1, -0.05) is 41.0 Å². The molecule has 0 aromatic heterocycles. The van der Waals surface area contributed by atoms with Crippen molar-refractivity contribution in [1.29, 1.82) is 0 Å². The van der Waals surface area contributed by atoms with Crippen molar-refractivity contribution in [3.63, 3.8) is 0 Å². The van der Waals surface area contributed by atoms with Crippen molar-refractivity contribution in [3.05, 3.63) is 46.6 Å². The van der Waals surface area contributed by atoms with E-state index in [0.29, 0.717) is 45.8 Å². The van der Waals surface area contributed by atoms with Crippen LogP contribution in [-0.2, 0) is 0 Å². The van der Waals surface area contributed by atoms with Crippen molar-refractivity contribution >= 4 is 0 Å². The van der Waals surface area contributed by atoms with Crippen LogP contribution in [0.15, 0.2) is 46.6 Å². The van der Waals surface area contributed by atoms with Crippen LogP contribution in [0.1, 0.15) is 81.1 Å². The number of allylic oxidation sites excluding steroid dienone is 6. The molecule has 0 spiro atoms. The lowest BCUT2D eigenvalue weighted by Gasteiger charge is -2.42. The quantitative estimate of drug-likeness (QED) is 0.568. The first-order valence-corrected chi connectivity index (χ1v) is 12.3. The Labute approximate surface area is 184 Å². The number of fused-ring (bicyclic) bond motifs is 5. The van der Waals surface area contributed by atoms with Gasteiger partial charge in [-0.05, 0) is 66.9 Å². The van der Waals surface area contributed by atoms with Crippen LogP contribution in [0.2, 0.25) is 0 Å². The Balaban J connectivity index is 1.54. The second kappa shape index (κ2) is 6.23. The van der Waals surface area contributed by atoms with E-state index in [-0.39, 0.29) is 0 Å². The van der Waals surface area contributed by atoms with Gasteiger partial charge in [0.05, 0.1) is 22.2 Å². The van der Waals surface area contributed by atoms with Crippen molar-refractivity contribution < 1.29 is 10.6 Å². The maximum absolute atomic E-state index is 2.62. The van der Waals surface area contributed by atoms with Gasteiger partial charge in [0.15, 0.2) is 0 Å². The highest BCUT2D eigenvalue weighted by Crippen LogP contribution is 2.60. The van der Waals surface area contributed by atoms with Crippen molar-refractivity contribution in [3.8, 4) is 0 Å². The maximum Gasteiger partial charge on any atom is 0.0946 e. The van der Waals surface area contributed by atoms with Gasteiger partial charge in [-0.3, -0.25) is 0 Å². The SMILES string of the molecule is CC1(C)CC(=C2C=C[C@H]3[C@@H]2[C@@H]2C=C[C@H]3C2=C2CC(C)(C)[NH2+]C(C)(C)C2)CC(C)(C)[NH2+]1. The molecule has 2 saturated heterocycles. The molecular formula is C28H44N2+2. The van der Waals surface area contributed by atoms with Gasteiger partial charge in [0.2, 0.25) is 0 Å². The van der Waals surface area contributed by atoms with Gasteiger partial charge in [-0.2, -0.15) is 0 Å². The van der Waals surface area contributed by atoms with E-state index in [1.165, 1.54) is 25.7 Å². The highest BCUT2D eigenvalue weighted by Gasteiger charge is 2.54. The average Bonchev–Trinajstić information content (AvgIpc) is 3.19. The summed E-state index contributed by atoms with van der Waals surface area (Å²) in [5, 5.41) is 5.22. The van der Waals surface area contributed by atoms with Crippen LogP contribution in [0.3, 0.4) is 0 Å². The summed E-state index contributed by atoms with van der Waals surface area (Å²) in [7, 11) is 0. The standard InChI is InChI=1S/C28H42N2/c1-25(2)13-17(14-26(3,4)29-25)19-9-10-21-20-11-12-22(24(19)21)23(20)18-15-27(5,6)30-28(7,8)16-18/h9-12,20-22,24,29-30H,13-16H2,1-8H3/p+2/t20-,21-,22-,24-/m1/s1. The molecular weight excluding hydrogens is 364 g/mol. The Bertz CT molecular complexity index is 854. The molecule has 4 atom stereocenters. The highest BCUT2D eigenvalue weighted by molar-refractivity contribution is 5.51. The Morgan fingerprint density at radius 2 is 1.10 bits per heavy atom. The minimum atomic E-state index is 0.304. The summed E-state index contributed by atoms with van der Waals surface area (Å²) in [6.07, 6.45) is 15.3. The van der Waals surface area contributed by atoms with Gasteiger partial charge >= 0.3 is 0 Å². The molecule has 5 aliphatic rings. The lowest BCUT2D eigenvalue weighted by atomic mass is 9.73. The molecule has 30 heavy (non-hydrogen) atoms. The summed E-state index contributed by atoms with van der Waals surface area (Å²) >= 11 is 0. The number of hydrogen-bond donors (Lipinski definition) is 2. The Hall–Kier alpha value is -1.12. The third kappa shape index (κ3) is 3.39. The predicted molar refractivity (Wildman–Crippen MR) is 125 cm³/mol.